The molecular formula is C14H16LiN. The van der Waals surface area contributed by atoms with Crippen LogP contribution in [0.15, 0.2) is 30.3 Å². The van der Waals surface area contributed by atoms with Gasteiger partial charge in [0.2, 0.25) is 0 Å². The van der Waals surface area contributed by atoms with Crippen LogP contribution in [0.1, 0.15) is 24.8 Å². The molecule has 1 nitrogen and oxygen atoms in total. The van der Waals surface area contributed by atoms with Crippen molar-refractivity contribution < 1.29 is 18.9 Å². The van der Waals surface area contributed by atoms with Gasteiger partial charge in [-0.2, -0.15) is 0 Å². The molecule has 0 spiro atoms. The Bertz CT molecular complexity index is 344. The number of piperidine rings is 1. The molecule has 1 aliphatic rings. The molecule has 0 aromatic heterocycles. The van der Waals surface area contributed by atoms with E-state index < -0.39 is 0 Å². The minimum atomic E-state index is 0. The Morgan fingerprint density at radius 1 is 1.00 bits per heavy atom. The minimum absolute atomic E-state index is 0. The van der Waals surface area contributed by atoms with Crippen LogP contribution in [0.25, 0.3) is 0 Å². The fourth-order valence-electron chi connectivity index (χ4n) is 1.78. The van der Waals surface area contributed by atoms with Crippen LogP contribution in [0.2, 0.25) is 0 Å². The first-order chi connectivity index (χ1) is 7.45. The summed E-state index contributed by atoms with van der Waals surface area (Å²) in [6.45, 7) is 4.37. The molecule has 1 heterocycles. The van der Waals surface area contributed by atoms with Crippen molar-refractivity contribution in [3.05, 3.63) is 42.4 Å². The molecule has 0 atom stereocenters. The minimum Gasteiger partial charge on any atom is -0.352 e. The molecule has 0 saturated carbocycles. The monoisotopic (exact) mass is 205 g/mol. The molecule has 1 aromatic rings. The normalized spacial score (nSPS) is 15.5. The smallest absolute Gasteiger partial charge is 0.352 e. The summed E-state index contributed by atoms with van der Waals surface area (Å²) in [5, 5.41) is 0. The Kier molecular flexibility index (Phi) is 6.20. The second kappa shape index (κ2) is 7.48. The summed E-state index contributed by atoms with van der Waals surface area (Å²) < 4.78 is 0. The molecule has 1 aromatic carbocycles. The average Bonchev–Trinajstić information content (AvgIpc) is 2.32. The topological polar surface area (TPSA) is 3.24 Å². The summed E-state index contributed by atoms with van der Waals surface area (Å²) in [5.41, 5.74) is 1.09. The molecule has 0 amide bonds. The van der Waals surface area contributed by atoms with Crippen LogP contribution >= 0.6 is 0 Å². The SMILES string of the molecule is C(#Cc1ccccc1)[CH-]N1CCCCC1.[Li+]. The molecule has 78 valence electrons. The van der Waals surface area contributed by atoms with Crippen LogP contribution in [-0.4, -0.2) is 18.0 Å². The molecule has 16 heavy (non-hydrogen) atoms. The van der Waals surface area contributed by atoms with E-state index in [2.05, 4.69) is 16.7 Å². The van der Waals surface area contributed by atoms with Gasteiger partial charge in [0.15, 0.2) is 0 Å². The van der Waals surface area contributed by atoms with E-state index in [0.29, 0.717) is 0 Å². The summed E-state index contributed by atoms with van der Waals surface area (Å²) in [6, 6.07) is 10.1. The van der Waals surface area contributed by atoms with E-state index >= 15 is 0 Å². The second-order valence-corrected chi connectivity index (χ2v) is 3.86. The van der Waals surface area contributed by atoms with E-state index in [0.717, 1.165) is 5.56 Å². The van der Waals surface area contributed by atoms with Crippen LogP contribution < -0.4 is 18.9 Å². The fourth-order valence-corrected chi connectivity index (χ4v) is 1.78. The molecular weight excluding hydrogens is 189 g/mol. The molecule has 2 rings (SSSR count). The standard InChI is InChI=1S/C14H16N.Li/c1-3-8-14(9-4-1)10-7-13-15-11-5-2-6-12-15;/h1,3-4,8-9,13H,2,5-6,11-12H2;/q-1;+1. The van der Waals surface area contributed by atoms with Gasteiger partial charge in [0.05, 0.1) is 0 Å². The number of hydrogen-bond acceptors (Lipinski definition) is 1. The van der Waals surface area contributed by atoms with Gasteiger partial charge in [-0.25, -0.2) is 0 Å². The maximum absolute atomic E-state index is 3.14. The van der Waals surface area contributed by atoms with E-state index in [1.807, 2.05) is 36.9 Å². The molecule has 0 bridgehead atoms. The van der Waals surface area contributed by atoms with Crippen LogP contribution in [0.5, 0.6) is 0 Å². The third kappa shape index (κ3) is 4.38. The van der Waals surface area contributed by atoms with Crippen molar-refractivity contribution in [1.82, 2.24) is 4.90 Å². The molecule has 0 radical (unpaired) electrons. The van der Waals surface area contributed by atoms with Gasteiger partial charge in [-0.1, -0.05) is 42.3 Å². The summed E-state index contributed by atoms with van der Waals surface area (Å²) in [5.74, 6) is 6.27. The van der Waals surface area contributed by atoms with Crippen molar-refractivity contribution >= 4 is 0 Å². The van der Waals surface area contributed by atoms with Crippen LogP contribution in [0.3, 0.4) is 0 Å². The van der Waals surface area contributed by atoms with Gasteiger partial charge in [0.1, 0.15) is 0 Å². The molecule has 1 aliphatic heterocycles. The number of likely N-dealkylation sites (tertiary alicyclic amines) is 1. The summed E-state index contributed by atoms with van der Waals surface area (Å²) in [4.78, 5) is 2.32. The number of benzene rings is 1. The Morgan fingerprint density at radius 2 is 1.69 bits per heavy atom. The van der Waals surface area contributed by atoms with Crippen molar-refractivity contribution in [2.75, 3.05) is 13.1 Å². The fraction of sp³-hybridized carbons (Fsp3) is 0.357. The van der Waals surface area contributed by atoms with Gasteiger partial charge >= 0.3 is 18.9 Å². The first-order valence-electron chi connectivity index (χ1n) is 5.59. The Labute approximate surface area is 110 Å². The summed E-state index contributed by atoms with van der Waals surface area (Å²) in [7, 11) is 0. The number of nitrogens with zero attached hydrogens (tertiary/aromatic N) is 1. The summed E-state index contributed by atoms with van der Waals surface area (Å²) >= 11 is 0. The Hall–Kier alpha value is -0.793. The average molecular weight is 205 g/mol. The maximum atomic E-state index is 3.14. The van der Waals surface area contributed by atoms with Gasteiger partial charge in [0, 0.05) is 0 Å². The predicted molar refractivity (Wildman–Crippen MR) is 63.0 cm³/mol. The van der Waals surface area contributed by atoms with Gasteiger partial charge in [-0.15, -0.1) is 6.54 Å². The molecule has 0 aliphatic carbocycles. The van der Waals surface area contributed by atoms with E-state index in [9.17, 15) is 0 Å². The zero-order valence-corrected chi connectivity index (χ0v) is 9.95. The largest absolute Gasteiger partial charge is 1.00 e. The Balaban J connectivity index is 0.00000128. The molecule has 1 fully saturated rings. The van der Waals surface area contributed by atoms with Gasteiger partial charge < -0.3 is 4.90 Å². The molecule has 2 heteroatoms. The zero-order chi connectivity index (χ0) is 10.3. The zero-order valence-electron chi connectivity index (χ0n) is 9.95. The Morgan fingerprint density at radius 3 is 2.38 bits per heavy atom. The molecule has 0 N–H and O–H groups in total. The van der Waals surface area contributed by atoms with Crippen LogP contribution in [-0.2, 0) is 0 Å². The van der Waals surface area contributed by atoms with E-state index in [1.165, 1.54) is 32.4 Å². The van der Waals surface area contributed by atoms with Crippen molar-refractivity contribution in [3.63, 3.8) is 0 Å². The van der Waals surface area contributed by atoms with Gasteiger partial charge in [-0.05, 0) is 25.9 Å². The van der Waals surface area contributed by atoms with Crippen molar-refractivity contribution in [2.45, 2.75) is 19.3 Å². The molecule has 0 unspecified atom stereocenters. The quantitative estimate of drug-likeness (QED) is 0.345. The second-order valence-electron chi connectivity index (χ2n) is 3.86. The first-order valence-corrected chi connectivity index (χ1v) is 5.59. The third-order valence-electron chi connectivity index (χ3n) is 2.63. The predicted octanol–water partition coefficient (Wildman–Crippen LogP) is -0.310. The van der Waals surface area contributed by atoms with Crippen LogP contribution in [0, 0.1) is 18.4 Å². The van der Waals surface area contributed by atoms with Crippen molar-refractivity contribution in [1.29, 1.82) is 0 Å². The maximum Gasteiger partial charge on any atom is 1.00 e. The van der Waals surface area contributed by atoms with E-state index in [4.69, 9.17) is 0 Å². The van der Waals surface area contributed by atoms with Crippen molar-refractivity contribution in [3.8, 4) is 11.8 Å². The van der Waals surface area contributed by atoms with Gasteiger partial charge in [-0.3, -0.25) is 11.8 Å². The van der Waals surface area contributed by atoms with Crippen molar-refractivity contribution in [2.24, 2.45) is 0 Å². The first kappa shape index (κ1) is 13.3. The summed E-state index contributed by atoms with van der Waals surface area (Å²) in [6.07, 6.45) is 3.99. The third-order valence-corrected chi connectivity index (χ3v) is 2.63. The van der Waals surface area contributed by atoms with E-state index in [-0.39, 0.29) is 18.9 Å². The van der Waals surface area contributed by atoms with Crippen LogP contribution in [0.4, 0.5) is 0 Å². The number of rotatable bonds is 1. The number of hydrogen-bond donors (Lipinski definition) is 0. The molecule has 1 saturated heterocycles. The van der Waals surface area contributed by atoms with E-state index in [1.54, 1.807) is 0 Å². The van der Waals surface area contributed by atoms with Gasteiger partial charge in [0.25, 0.3) is 0 Å².